The molecule has 1 saturated carbocycles. The summed E-state index contributed by atoms with van der Waals surface area (Å²) < 4.78 is 0. The van der Waals surface area contributed by atoms with Gasteiger partial charge in [-0.3, -0.25) is 9.89 Å². The predicted molar refractivity (Wildman–Crippen MR) is 86.7 cm³/mol. The van der Waals surface area contributed by atoms with Crippen LogP contribution < -0.4 is 5.32 Å². The summed E-state index contributed by atoms with van der Waals surface area (Å²) >= 11 is 1.39. The number of hydrogen-bond acceptors (Lipinski definition) is 5. The Morgan fingerprint density at radius 2 is 2.23 bits per heavy atom. The molecule has 0 spiro atoms. The van der Waals surface area contributed by atoms with E-state index in [2.05, 4.69) is 25.4 Å². The second-order valence-corrected chi connectivity index (χ2v) is 7.29. The third-order valence-corrected chi connectivity index (χ3v) is 5.59. The van der Waals surface area contributed by atoms with E-state index in [1.807, 2.05) is 0 Å². The average molecular weight is 323 g/mol. The van der Waals surface area contributed by atoms with Crippen molar-refractivity contribution in [3.8, 4) is 0 Å². The summed E-state index contributed by atoms with van der Waals surface area (Å²) in [5.41, 5.74) is 0. The Kier molecular flexibility index (Phi) is 5.72. The molecule has 1 saturated heterocycles. The van der Waals surface area contributed by atoms with Crippen molar-refractivity contribution < 1.29 is 4.79 Å². The van der Waals surface area contributed by atoms with Crippen LogP contribution in [0.25, 0.3) is 0 Å². The molecule has 3 rings (SSSR count). The van der Waals surface area contributed by atoms with Gasteiger partial charge < -0.3 is 10.2 Å². The number of amides is 1. The molecule has 0 aromatic carbocycles. The van der Waals surface area contributed by atoms with Crippen molar-refractivity contribution in [3.63, 3.8) is 0 Å². The molecular weight excluding hydrogens is 298 g/mol. The van der Waals surface area contributed by atoms with Crippen molar-refractivity contribution in [1.82, 2.24) is 25.4 Å². The first-order valence-corrected chi connectivity index (χ1v) is 9.29. The predicted octanol–water partition coefficient (Wildman–Crippen LogP) is 1.67. The standard InChI is InChI=1S/C15H25N5OS/c21-14(10-22-15-17-11-18-19-15)16-8-12-4-3-7-20(9-12)13-5-1-2-6-13/h11-13H,1-10H2,(H,16,21)(H,17,18,19). The van der Waals surface area contributed by atoms with E-state index < -0.39 is 0 Å². The Labute approximate surface area is 135 Å². The topological polar surface area (TPSA) is 73.9 Å². The molecule has 1 aromatic rings. The summed E-state index contributed by atoms with van der Waals surface area (Å²) in [6.07, 6.45) is 9.48. The number of H-pyrrole nitrogens is 1. The molecule has 0 radical (unpaired) electrons. The lowest BCUT2D eigenvalue weighted by Crippen LogP contribution is -2.45. The fourth-order valence-corrected chi connectivity index (χ4v) is 4.18. The number of hydrogen-bond donors (Lipinski definition) is 2. The van der Waals surface area contributed by atoms with Crippen LogP contribution in [0.1, 0.15) is 38.5 Å². The van der Waals surface area contributed by atoms with Gasteiger partial charge in [0, 0.05) is 19.1 Å². The Balaban J connectivity index is 1.36. The van der Waals surface area contributed by atoms with Gasteiger partial charge in [-0.2, -0.15) is 5.10 Å². The SMILES string of the molecule is O=C(CSc1ncn[nH]1)NCC1CCCN(C2CCCC2)C1. The zero-order valence-corrected chi connectivity index (χ0v) is 13.8. The Morgan fingerprint density at radius 3 is 3.00 bits per heavy atom. The number of thioether (sulfide) groups is 1. The van der Waals surface area contributed by atoms with Crippen LogP contribution in [-0.2, 0) is 4.79 Å². The first-order valence-electron chi connectivity index (χ1n) is 8.30. The molecule has 2 N–H and O–H groups in total. The third kappa shape index (κ3) is 4.46. The second-order valence-electron chi connectivity index (χ2n) is 6.32. The van der Waals surface area contributed by atoms with E-state index in [1.54, 1.807) is 0 Å². The summed E-state index contributed by atoms with van der Waals surface area (Å²) in [7, 11) is 0. The van der Waals surface area contributed by atoms with Crippen molar-refractivity contribution in [2.24, 2.45) is 5.92 Å². The summed E-state index contributed by atoms with van der Waals surface area (Å²) in [5.74, 6) is 1.09. The van der Waals surface area contributed by atoms with E-state index in [1.165, 1.54) is 63.2 Å². The van der Waals surface area contributed by atoms with E-state index in [9.17, 15) is 4.79 Å². The highest BCUT2D eigenvalue weighted by Crippen LogP contribution is 2.27. The Morgan fingerprint density at radius 1 is 1.36 bits per heavy atom. The van der Waals surface area contributed by atoms with Crippen LogP contribution in [0.4, 0.5) is 0 Å². The molecule has 1 unspecified atom stereocenters. The first kappa shape index (κ1) is 15.8. The summed E-state index contributed by atoms with van der Waals surface area (Å²) in [6, 6.07) is 0.806. The maximum atomic E-state index is 11.9. The van der Waals surface area contributed by atoms with E-state index in [-0.39, 0.29) is 5.91 Å². The zero-order valence-electron chi connectivity index (χ0n) is 13.0. The van der Waals surface area contributed by atoms with E-state index in [4.69, 9.17) is 0 Å². The minimum Gasteiger partial charge on any atom is -0.355 e. The zero-order chi connectivity index (χ0) is 15.2. The first-order chi connectivity index (χ1) is 10.8. The molecule has 1 amide bonds. The minimum absolute atomic E-state index is 0.0828. The number of carbonyl (C=O) groups excluding carboxylic acids is 1. The molecule has 122 valence electrons. The van der Waals surface area contributed by atoms with Crippen LogP contribution in [-0.4, -0.2) is 57.4 Å². The second kappa shape index (κ2) is 7.97. The van der Waals surface area contributed by atoms with Gasteiger partial charge in [-0.15, -0.1) is 0 Å². The van der Waals surface area contributed by atoms with Gasteiger partial charge in [0.15, 0.2) is 5.16 Å². The maximum absolute atomic E-state index is 11.9. The molecule has 1 atom stereocenters. The number of aromatic amines is 1. The van der Waals surface area contributed by atoms with Gasteiger partial charge in [0.1, 0.15) is 6.33 Å². The molecular formula is C15H25N5OS. The molecule has 22 heavy (non-hydrogen) atoms. The summed E-state index contributed by atoms with van der Waals surface area (Å²) in [5, 5.41) is 10.3. The minimum atomic E-state index is 0.0828. The lowest BCUT2D eigenvalue weighted by atomic mass is 9.96. The maximum Gasteiger partial charge on any atom is 0.230 e. The average Bonchev–Trinajstić information content (AvgIpc) is 3.24. The number of likely N-dealkylation sites (tertiary alicyclic amines) is 1. The van der Waals surface area contributed by atoms with Gasteiger partial charge in [-0.05, 0) is 38.1 Å². The van der Waals surface area contributed by atoms with E-state index in [0.717, 1.165) is 19.1 Å². The van der Waals surface area contributed by atoms with Gasteiger partial charge in [0.05, 0.1) is 5.75 Å². The fourth-order valence-electron chi connectivity index (χ4n) is 3.57. The van der Waals surface area contributed by atoms with Crippen LogP contribution in [0, 0.1) is 5.92 Å². The van der Waals surface area contributed by atoms with Crippen LogP contribution in [0.2, 0.25) is 0 Å². The number of piperidine rings is 1. The highest BCUT2D eigenvalue weighted by atomic mass is 32.2. The molecule has 0 bridgehead atoms. The van der Waals surface area contributed by atoms with Crippen molar-refractivity contribution >= 4 is 17.7 Å². The summed E-state index contributed by atoms with van der Waals surface area (Å²) in [4.78, 5) is 18.6. The van der Waals surface area contributed by atoms with Crippen molar-refractivity contribution in [2.75, 3.05) is 25.4 Å². The molecule has 1 aliphatic heterocycles. The number of nitrogens with one attached hydrogen (secondary N) is 2. The molecule has 1 aliphatic carbocycles. The Bertz CT molecular complexity index is 461. The van der Waals surface area contributed by atoms with Crippen LogP contribution in [0.15, 0.2) is 11.5 Å². The normalized spacial score (nSPS) is 23.7. The highest BCUT2D eigenvalue weighted by Gasteiger charge is 2.27. The Hall–Kier alpha value is -1.08. The largest absolute Gasteiger partial charge is 0.355 e. The molecule has 1 aromatic heterocycles. The molecule has 2 aliphatic rings. The van der Waals surface area contributed by atoms with Gasteiger partial charge in [-0.1, -0.05) is 24.6 Å². The smallest absolute Gasteiger partial charge is 0.230 e. The number of aromatic nitrogens is 3. The number of rotatable bonds is 6. The molecule has 2 heterocycles. The van der Waals surface area contributed by atoms with E-state index >= 15 is 0 Å². The van der Waals surface area contributed by atoms with Gasteiger partial charge in [-0.25, -0.2) is 4.98 Å². The van der Waals surface area contributed by atoms with Gasteiger partial charge in [0.2, 0.25) is 5.91 Å². The van der Waals surface area contributed by atoms with Crippen molar-refractivity contribution in [2.45, 2.75) is 49.7 Å². The third-order valence-electron chi connectivity index (χ3n) is 4.71. The van der Waals surface area contributed by atoms with Crippen LogP contribution in [0.3, 0.4) is 0 Å². The molecule has 2 fully saturated rings. The van der Waals surface area contributed by atoms with Gasteiger partial charge >= 0.3 is 0 Å². The van der Waals surface area contributed by atoms with Crippen LogP contribution >= 0.6 is 11.8 Å². The molecule has 6 nitrogen and oxygen atoms in total. The van der Waals surface area contributed by atoms with E-state index in [0.29, 0.717) is 16.8 Å². The molecule has 7 heteroatoms. The fraction of sp³-hybridized carbons (Fsp3) is 0.800. The lowest BCUT2D eigenvalue weighted by molar-refractivity contribution is -0.118. The number of carbonyl (C=O) groups is 1. The summed E-state index contributed by atoms with van der Waals surface area (Å²) in [6.45, 7) is 3.20. The quantitative estimate of drug-likeness (QED) is 0.779. The lowest BCUT2D eigenvalue weighted by Gasteiger charge is -2.36. The number of nitrogens with zero attached hydrogens (tertiary/aromatic N) is 3. The van der Waals surface area contributed by atoms with Crippen molar-refractivity contribution in [1.29, 1.82) is 0 Å². The van der Waals surface area contributed by atoms with Crippen LogP contribution in [0.5, 0.6) is 0 Å². The monoisotopic (exact) mass is 323 g/mol. The highest BCUT2D eigenvalue weighted by molar-refractivity contribution is 7.99. The van der Waals surface area contributed by atoms with Crippen molar-refractivity contribution in [3.05, 3.63) is 6.33 Å². The van der Waals surface area contributed by atoms with Gasteiger partial charge in [0.25, 0.3) is 0 Å².